The summed E-state index contributed by atoms with van der Waals surface area (Å²) in [5.41, 5.74) is 0.546. The number of carboxylic acids is 1. The predicted molar refractivity (Wildman–Crippen MR) is 129 cm³/mol. The van der Waals surface area contributed by atoms with Gasteiger partial charge in [-0.1, -0.05) is 6.92 Å². The summed E-state index contributed by atoms with van der Waals surface area (Å²) in [5, 5.41) is 22.6. The van der Waals surface area contributed by atoms with Crippen molar-refractivity contribution in [3.8, 4) is 0 Å². The molecular formula is C22H29N5O5S2. The van der Waals surface area contributed by atoms with E-state index in [9.17, 15) is 24.6 Å². The van der Waals surface area contributed by atoms with Crippen LogP contribution in [0.5, 0.6) is 0 Å². The number of anilines is 1. The molecule has 34 heavy (non-hydrogen) atoms. The van der Waals surface area contributed by atoms with Gasteiger partial charge in [0.05, 0.1) is 18.1 Å². The zero-order valence-corrected chi connectivity index (χ0v) is 21.0. The van der Waals surface area contributed by atoms with Crippen LogP contribution in [0.3, 0.4) is 0 Å². The van der Waals surface area contributed by atoms with Crippen molar-refractivity contribution in [2.45, 2.75) is 31.2 Å². The van der Waals surface area contributed by atoms with E-state index in [0.29, 0.717) is 36.8 Å². The van der Waals surface area contributed by atoms with E-state index < -0.39 is 18.0 Å². The van der Waals surface area contributed by atoms with Crippen molar-refractivity contribution in [1.82, 2.24) is 19.7 Å². The Labute approximate surface area is 206 Å². The Kier molecular flexibility index (Phi) is 6.11. The number of rotatable bonds is 6. The average Bonchev–Trinajstić information content (AvgIpc) is 3.32. The van der Waals surface area contributed by atoms with Gasteiger partial charge in [-0.15, -0.1) is 23.1 Å². The minimum atomic E-state index is -1.10. The molecule has 2 N–H and O–H groups in total. The molecular weight excluding hydrogens is 478 g/mol. The van der Waals surface area contributed by atoms with Gasteiger partial charge in [0.25, 0.3) is 5.91 Å². The topological polar surface area (TPSA) is 118 Å². The number of carbonyl (C=O) groups is 3. The fourth-order valence-electron chi connectivity index (χ4n) is 5.21. The van der Waals surface area contributed by atoms with Gasteiger partial charge in [-0.3, -0.25) is 9.59 Å². The van der Waals surface area contributed by atoms with Gasteiger partial charge >= 0.3 is 5.97 Å². The quantitative estimate of drug-likeness (QED) is 0.534. The maximum atomic E-state index is 12.8. The molecule has 10 nitrogen and oxygen atoms in total. The van der Waals surface area contributed by atoms with E-state index in [-0.39, 0.29) is 34.7 Å². The molecule has 1 aromatic rings. The molecule has 5 rings (SSSR count). The number of aliphatic carboxylic acids is 1. The van der Waals surface area contributed by atoms with Crippen molar-refractivity contribution in [2.75, 3.05) is 51.2 Å². The number of thiazole rings is 1. The van der Waals surface area contributed by atoms with Crippen molar-refractivity contribution < 1.29 is 24.6 Å². The maximum absolute atomic E-state index is 12.8. The molecule has 1 aromatic heterocycles. The molecule has 4 aliphatic heterocycles. The summed E-state index contributed by atoms with van der Waals surface area (Å²) in [6, 6.07) is -0.292. The van der Waals surface area contributed by atoms with Gasteiger partial charge < -0.3 is 29.8 Å². The third-order valence-corrected chi connectivity index (χ3v) is 9.58. The monoisotopic (exact) mass is 507 g/mol. The lowest BCUT2D eigenvalue weighted by Gasteiger charge is -2.46. The summed E-state index contributed by atoms with van der Waals surface area (Å²) in [4.78, 5) is 50.0. The van der Waals surface area contributed by atoms with Gasteiger partial charge in [0, 0.05) is 60.7 Å². The van der Waals surface area contributed by atoms with Crippen LogP contribution >= 0.6 is 23.1 Å². The zero-order valence-electron chi connectivity index (χ0n) is 19.4. The number of aliphatic hydroxyl groups excluding tert-OH is 1. The zero-order chi connectivity index (χ0) is 24.3. The number of carbonyl (C=O) groups excluding carboxylic acids is 2. The molecule has 0 radical (unpaired) electrons. The molecule has 2 amide bonds. The number of hydrogen-bond donors (Lipinski definition) is 2. The Morgan fingerprint density at radius 2 is 1.91 bits per heavy atom. The van der Waals surface area contributed by atoms with Crippen LogP contribution in [0.2, 0.25) is 0 Å². The van der Waals surface area contributed by atoms with E-state index in [1.54, 1.807) is 6.92 Å². The fourth-order valence-corrected chi connectivity index (χ4v) is 7.55. The maximum Gasteiger partial charge on any atom is 0.353 e. The summed E-state index contributed by atoms with van der Waals surface area (Å²) in [5.74, 6) is -2.12. The van der Waals surface area contributed by atoms with E-state index in [1.165, 1.54) is 28.0 Å². The first kappa shape index (κ1) is 23.6. The van der Waals surface area contributed by atoms with E-state index in [4.69, 9.17) is 0 Å². The van der Waals surface area contributed by atoms with Crippen LogP contribution in [0.4, 0.5) is 5.13 Å². The van der Waals surface area contributed by atoms with Crippen molar-refractivity contribution in [3.63, 3.8) is 0 Å². The number of likely N-dealkylation sites (N-methyl/N-ethyl adjacent to an activating group) is 1. The van der Waals surface area contributed by atoms with Gasteiger partial charge in [0.2, 0.25) is 5.91 Å². The van der Waals surface area contributed by atoms with Crippen molar-refractivity contribution >= 4 is 46.0 Å². The fraction of sp³-hybridized carbons (Fsp3) is 0.636. The lowest BCUT2D eigenvalue weighted by Crippen LogP contribution is -2.63. The number of nitrogens with zero attached hydrogens (tertiary/aromatic N) is 5. The number of β-lactam (4-membered cyclic amide) rings is 1. The van der Waals surface area contributed by atoms with Crippen LogP contribution in [0.15, 0.2) is 16.0 Å². The molecule has 0 spiro atoms. The molecule has 0 aromatic carbocycles. The minimum Gasteiger partial charge on any atom is -0.477 e. The SMILES string of the molecule is C[C@@H](O)C1C(=O)N2C(C(=O)O)=C(SC3CN(c4nc(C(=O)N5CCN(C)CC5)cs4)C3)[C@H](C)C12. The molecule has 5 heterocycles. The Hall–Kier alpha value is -2.15. The van der Waals surface area contributed by atoms with Crippen LogP contribution < -0.4 is 4.90 Å². The summed E-state index contributed by atoms with van der Waals surface area (Å²) in [6.45, 7) is 8.05. The normalized spacial score (nSPS) is 28.6. The Bertz CT molecular complexity index is 1040. The summed E-state index contributed by atoms with van der Waals surface area (Å²) < 4.78 is 0. The number of aromatic nitrogens is 1. The second-order valence-corrected chi connectivity index (χ2v) is 11.7. The molecule has 184 valence electrons. The van der Waals surface area contributed by atoms with E-state index in [1.807, 2.05) is 24.3 Å². The molecule has 3 saturated heterocycles. The lowest BCUT2D eigenvalue weighted by atomic mass is 9.79. The second kappa shape index (κ2) is 8.81. The number of hydrogen-bond acceptors (Lipinski definition) is 9. The first-order valence-electron chi connectivity index (χ1n) is 11.5. The van der Waals surface area contributed by atoms with Crippen molar-refractivity contribution in [2.24, 2.45) is 11.8 Å². The van der Waals surface area contributed by atoms with Crippen molar-refractivity contribution in [3.05, 3.63) is 21.7 Å². The standard InChI is InChI=1S/C22H29N5O5S2/c1-11-16-15(12(2)28)20(30)27(16)17(21(31)32)18(11)34-13-8-26(9-13)22-23-14(10-33-22)19(29)25-6-4-24(3)5-7-25/h10-13,15-16,28H,4-9H2,1-3H3,(H,31,32)/t11-,12-,15?,16?/m1/s1. The second-order valence-electron chi connectivity index (χ2n) is 9.53. The van der Waals surface area contributed by atoms with Crippen molar-refractivity contribution in [1.29, 1.82) is 0 Å². The average molecular weight is 508 g/mol. The van der Waals surface area contributed by atoms with Gasteiger partial charge in [0.15, 0.2) is 5.13 Å². The van der Waals surface area contributed by atoms with E-state index in [2.05, 4.69) is 14.8 Å². The highest BCUT2D eigenvalue weighted by atomic mass is 32.2. The number of carboxylic acid groups (broad SMARTS) is 1. The van der Waals surface area contributed by atoms with Gasteiger partial charge in [-0.05, 0) is 14.0 Å². The van der Waals surface area contributed by atoms with E-state index >= 15 is 0 Å². The minimum absolute atomic E-state index is 0.0278. The van der Waals surface area contributed by atoms with Crippen LogP contribution in [-0.4, -0.2) is 111 Å². The van der Waals surface area contributed by atoms with Gasteiger partial charge in [0.1, 0.15) is 11.4 Å². The van der Waals surface area contributed by atoms with Crippen LogP contribution in [0.25, 0.3) is 0 Å². The number of piperazine rings is 1. The molecule has 3 fully saturated rings. The highest BCUT2D eigenvalue weighted by Gasteiger charge is 2.60. The lowest BCUT2D eigenvalue weighted by molar-refractivity contribution is -0.163. The Morgan fingerprint density at radius 1 is 1.24 bits per heavy atom. The number of thioether (sulfide) groups is 1. The third-order valence-electron chi connectivity index (χ3n) is 7.22. The number of amides is 2. The summed E-state index contributed by atoms with van der Waals surface area (Å²) >= 11 is 2.97. The predicted octanol–water partition coefficient (Wildman–Crippen LogP) is 0.606. The molecule has 0 aliphatic carbocycles. The molecule has 12 heteroatoms. The third kappa shape index (κ3) is 3.80. The van der Waals surface area contributed by atoms with Crippen LogP contribution in [-0.2, 0) is 9.59 Å². The van der Waals surface area contributed by atoms with E-state index in [0.717, 1.165) is 18.2 Å². The first-order valence-corrected chi connectivity index (χ1v) is 13.3. The highest BCUT2D eigenvalue weighted by Crippen LogP contribution is 2.52. The van der Waals surface area contributed by atoms with Crippen LogP contribution in [0.1, 0.15) is 24.3 Å². The van der Waals surface area contributed by atoms with Gasteiger partial charge in [-0.2, -0.15) is 0 Å². The Balaban J connectivity index is 1.21. The first-order chi connectivity index (χ1) is 16.2. The highest BCUT2D eigenvalue weighted by molar-refractivity contribution is 8.03. The van der Waals surface area contributed by atoms with Gasteiger partial charge in [-0.25, -0.2) is 9.78 Å². The number of aliphatic hydroxyl groups is 1. The molecule has 2 unspecified atom stereocenters. The van der Waals surface area contributed by atoms with Crippen LogP contribution in [0, 0.1) is 11.8 Å². The summed E-state index contributed by atoms with van der Waals surface area (Å²) in [6.07, 6.45) is -0.803. The smallest absolute Gasteiger partial charge is 0.353 e. The molecule has 4 aliphatic rings. The Morgan fingerprint density at radius 3 is 2.53 bits per heavy atom. The molecule has 0 saturated carbocycles. The molecule has 0 bridgehead atoms. The summed E-state index contributed by atoms with van der Waals surface area (Å²) in [7, 11) is 2.05. The largest absolute Gasteiger partial charge is 0.477 e. The molecule has 4 atom stereocenters. The number of fused-ring (bicyclic) bond motifs is 1.